The summed E-state index contributed by atoms with van der Waals surface area (Å²) in [6, 6.07) is 0. The van der Waals surface area contributed by atoms with E-state index in [1.54, 1.807) is 7.11 Å². The fourth-order valence-electron chi connectivity index (χ4n) is 1.40. The molecule has 2 heteroatoms. The number of hydrogen-bond donors (Lipinski definition) is 0. The van der Waals surface area contributed by atoms with Crippen LogP contribution in [0.5, 0.6) is 0 Å². The second-order valence-corrected chi connectivity index (χ2v) is 5.33. The molecule has 0 spiro atoms. The van der Waals surface area contributed by atoms with Crippen molar-refractivity contribution in [2.75, 3.05) is 26.8 Å². The Balaban J connectivity index is 3.98. The maximum Gasteiger partial charge on any atom is 0.0589 e. The summed E-state index contributed by atoms with van der Waals surface area (Å²) >= 11 is 0. The molecular weight excluding hydrogens is 174 g/mol. The SMILES string of the molecule is COCCN(CCC(C)C)C(C)(C)C. The van der Waals surface area contributed by atoms with Gasteiger partial charge in [-0.25, -0.2) is 0 Å². The molecule has 2 nitrogen and oxygen atoms in total. The fourth-order valence-corrected chi connectivity index (χ4v) is 1.40. The Hall–Kier alpha value is -0.0800. The first-order valence-corrected chi connectivity index (χ1v) is 5.62. The first-order valence-electron chi connectivity index (χ1n) is 5.62. The summed E-state index contributed by atoms with van der Waals surface area (Å²) in [4.78, 5) is 2.50. The van der Waals surface area contributed by atoms with Gasteiger partial charge in [0.15, 0.2) is 0 Å². The van der Waals surface area contributed by atoms with Gasteiger partial charge in [0.25, 0.3) is 0 Å². The van der Waals surface area contributed by atoms with Crippen LogP contribution < -0.4 is 0 Å². The maximum absolute atomic E-state index is 5.13. The van der Waals surface area contributed by atoms with Gasteiger partial charge in [-0.15, -0.1) is 0 Å². The number of nitrogens with zero attached hydrogens (tertiary/aromatic N) is 1. The Kier molecular flexibility index (Phi) is 6.38. The molecule has 0 saturated heterocycles. The summed E-state index contributed by atoms with van der Waals surface area (Å²) in [7, 11) is 1.77. The first-order chi connectivity index (χ1) is 6.38. The van der Waals surface area contributed by atoms with Gasteiger partial charge in [-0.1, -0.05) is 13.8 Å². The quantitative estimate of drug-likeness (QED) is 0.655. The van der Waals surface area contributed by atoms with E-state index in [0.717, 1.165) is 19.1 Å². The van der Waals surface area contributed by atoms with E-state index in [9.17, 15) is 0 Å². The minimum atomic E-state index is 0.257. The molecule has 0 bridgehead atoms. The zero-order valence-electron chi connectivity index (χ0n) is 10.8. The maximum atomic E-state index is 5.13. The summed E-state index contributed by atoms with van der Waals surface area (Å²) in [6.07, 6.45) is 1.26. The highest BCUT2D eigenvalue weighted by molar-refractivity contribution is 4.76. The molecule has 0 radical (unpaired) electrons. The zero-order chi connectivity index (χ0) is 11.2. The second-order valence-electron chi connectivity index (χ2n) is 5.33. The largest absolute Gasteiger partial charge is 0.383 e. The minimum absolute atomic E-state index is 0.257. The van der Waals surface area contributed by atoms with Crippen LogP contribution in [0.1, 0.15) is 41.0 Å². The van der Waals surface area contributed by atoms with Crippen LogP contribution in [0.15, 0.2) is 0 Å². The highest BCUT2D eigenvalue weighted by Gasteiger charge is 2.20. The molecule has 0 aromatic rings. The van der Waals surface area contributed by atoms with Crippen molar-refractivity contribution >= 4 is 0 Å². The molecule has 0 atom stereocenters. The molecule has 0 rings (SSSR count). The molecule has 14 heavy (non-hydrogen) atoms. The van der Waals surface area contributed by atoms with Crippen LogP contribution in [0.3, 0.4) is 0 Å². The van der Waals surface area contributed by atoms with Gasteiger partial charge in [0.2, 0.25) is 0 Å². The van der Waals surface area contributed by atoms with Crippen molar-refractivity contribution in [3.05, 3.63) is 0 Å². The molecule has 0 saturated carbocycles. The van der Waals surface area contributed by atoms with E-state index in [0.29, 0.717) is 0 Å². The first kappa shape index (κ1) is 13.9. The fraction of sp³-hybridized carbons (Fsp3) is 1.00. The van der Waals surface area contributed by atoms with E-state index in [1.165, 1.54) is 13.0 Å². The highest BCUT2D eigenvalue weighted by atomic mass is 16.5. The van der Waals surface area contributed by atoms with E-state index in [2.05, 4.69) is 39.5 Å². The normalized spacial score (nSPS) is 12.9. The third kappa shape index (κ3) is 6.39. The highest BCUT2D eigenvalue weighted by Crippen LogP contribution is 2.14. The Morgan fingerprint density at radius 3 is 2.07 bits per heavy atom. The third-order valence-corrected chi connectivity index (χ3v) is 2.49. The van der Waals surface area contributed by atoms with Crippen molar-refractivity contribution in [3.63, 3.8) is 0 Å². The minimum Gasteiger partial charge on any atom is -0.383 e. The van der Waals surface area contributed by atoms with Crippen molar-refractivity contribution < 1.29 is 4.74 Å². The lowest BCUT2D eigenvalue weighted by atomic mass is 10.0. The standard InChI is InChI=1S/C12H27NO/c1-11(2)7-8-13(9-10-14-6)12(3,4)5/h11H,7-10H2,1-6H3. The molecule has 0 aliphatic rings. The Morgan fingerprint density at radius 2 is 1.71 bits per heavy atom. The molecule has 0 N–H and O–H groups in total. The lowest BCUT2D eigenvalue weighted by Gasteiger charge is -2.36. The average molecular weight is 201 g/mol. The summed E-state index contributed by atoms with van der Waals surface area (Å²) in [5.74, 6) is 0.780. The molecular formula is C12H27NO. The van der Waals surface area contributed by atoms with Crippen LogP contribution in [-0.4, -0.2) is 37.2 Å². The number of hydrogen-bond acceptors (Lipinski definition) is 2. The van der Waals surface area contributed by atoms with Crippen molar-refractivity contribution in [2.45, 2.75) is 46.6 Å². The van der Waals surface area contributed by atoms with Crippen molar-refractivity contribution in [1.82, 2.24) is 4.90 Å². The van der Waals surface area contributed by atoms with Crippen LogP contribution in [0.25, 0.3) is 0 Å². The van der Waals surface area contributed by atoms with Gasteiger partial charge in [0, 0.05) is 19.2 Å². The molecule has 0 amide bonds. The summed E-state index contributed by atoms with van der Waals surface area (Å²) < 4.78 is 5.13. The molecule has 0 aromatic heterocycles. The van der Waals surface area contributed by atoms with Crippen LogP contribution in [0.4, 0.5) is 0 Å². The van der Waals surface area contributed by atoms with E-state index in [1.807, 2.05) is 0 Å². The van der Waals surface area contributed by atoms with Crippen LogP contribution >= 0.6 is 0 Å². The zero-order valence-corrected chi connectivity index (χ0v) is 10.8. The van der Waals surface area contributed by atoms with Gasteiger partial charge in [0.1, 0.15) is 0 Å². The van der Waals surface area contributed by atoms with Crippen molar-refractivity contribution in [2.24, 2.45) is 5.92 Å². The van der Waals surface area contributed by atoms with Crippen LogP contribution in [0, 0.1) is 5.92 Å². The molecule has 0 aliphatic carbocycles. The van der Waals surface area contributed by atoms with E-state index in [-0.39, 0.29) is 5.54 Å². The topological polar surface area (TPSA) is 12.5 Å². The predicted octanol–water partition coefficient (Wildman–Crippen LogP) is 2.78. The summed E-state index contributed by atoms with van der Waals surface area (Å²) in [6.45, 7) is 14.4. The molecule has 0 aromatic carbocycles. The van der Waals surface area contributed by atoms with Gasteiger partial charge in [0.05, 0.1) is 6.61 Å². The summed E-state index contributed by atoms with van der Waals surface area (Å²) in [5, 5.41) is 0. The summed E-state index contributed by atoms with van der Waals surface area (Å²) in [5.41, 5.74) is 0.257. The Morgan fingerprint density at radius 1 is 1.14 bits per heavy atom. The lowest BCUT2D eigenvalue weighted by molar-refractivity contribution is 0.0829. The monoisotopic (exact) mass is 201 g/mol. The number of methoxy groups -OCH3 is 1. The second kappa shape index (κ2) is 6.41. The van der Waals surface area contributed by atoms with Gasteiger partial charge >= 0.3 is 0 Å². The molecule has 0 unspecified atom stereocenters. The predicted molar refractivity (Wildman–Crippen MR) is 62.7 cm³/mol. The molecule has 0 fully saturated rings. The smallest absolute Gasteiger partial charge is 0.0589 e. The third-order valence-electron chi connectivity index (χ3n) is 2.49. The van der Waals surface area contributed by atoms with Gasteiger partial charge in [-0.05, 0) is 39.7 Å². The Labute approximate surface area is 89.6 Å². The van der Waals surface area contributed by atoms with E-state index < -0.39 is 0 Å². The van der Waals surface area contributed by atoms with Gasteiger partial charge in [-0.3, -0.25) is 4.90 Å². The molecule has 86 valence electrons. The van der Waals surface area contributed by atoms with Crippen molar-refractivity contribution in [1.29, 1.82) is 0 Å². The average Bonchev–Trinajstić information content (AvgIpc) is 2.01. The van der Waals surface area contributed by atoms with Crippen molar-refractivity contribution in [3.8, 4) is 0 Å². The van der Waals surface area contributed by atoms with Crippen LogP contribution in [0.2, 0.25) is 0 Å². The molecule has 0 aliphatic heterocycles. The van der Waals surface area contributed by atoms with E-state index in [4.69, 9.17) is 4.74 Å². The van der Waals surface area contributed by atoms with E-state index >= 15 is 0 Å². The lowest BCUT2D eigenvalue weighted by Crippen LogP contribution is -2.44. The Bertz CT molecular complexity index is 138. The van der Waals surface area contributed by atoms with Gasteiger partial charge in [-0.2, -0.15) is 0 Å². The molecule has 0 heterocycles. The number of ether oxygens (including phenoxy) is 1. The van der Waals surface area contributed by atoms with Crippen LogP contribution in [-0.2, 0) is 4.74 Å². The van der Waals surface area contributed by atoms with Gasteiger partial charge < -0.3 is 4.74 Å². The number of rotatable bonds is 6.